The Morgan fingerprint density at radius 1 is 0.794 bits per heavy atom. The second-order valence-corrected chi connectivity index (χ2v) is 9.22. The molecule has 2 heterocycles. The summed E-state index contributed by atoms with van der Waals surface area (Å²) in [6, 6.07) is 22.5. The summed E-state index contributed by atoms with van der Waals surface area (Å²) in [4.78, 5) is 17.0. The second-order valence-electron chi connectivity index (χ2n) is 9.22. The van der Waals surface area contributed by atoms with E-state index in [1.807, 2.05) is 35.2 Å². The molecular weight excluding hydrogens is 424 g/mol. The molecule has 2 fully saturated rings. The largest absolute Gasteiger partial charge is 0.473 e. The number of piperazine rings is 1. The molecule has 5 rings (SSSR count). The van der Waals surface area contributed by atoms with E-state index in [-0.39, 0.29) is 12.0 Å². The zero-order chi connectivity index (χ0) is 23.2. The van der Waals surface area contributed by atoms with Gasteiger partial charge in [0.25, 0.3) is 0 Å². The van der Waals surface area contributed by atoms with Crippen LogP contribution < -0.4 is 9.64 Å². The Morgan fingerprint density at radius 3 is 2.18 bits per heavy atom. The molecule has 34 heavy (non-hydrogen) atoms. The van der Waals surface area contributed by atoms with Crippen molar-refractivity contribution in [2.45, 2.75) is 44.6 Å². The van der Waals surface area contributed by atoms with Crippen LogP contribution >= 0.6 is 0 Å². The van der Waals surface area contributed by atoms with Crippen molar-refractivity contribution in [3.63, 3.8) is 0 Å². The van der Waals surface area contributed by atoms with Gasteiger partial charge in [-0.2, -0.15) is 0 Å². The topological polar surface area (TPSA) is 58.6 Å². The zero-order valence-electron chi connectivity index (χ0n) is 19.6. The van der Waals surface area contributed by atoms with Crippen LogP contribution in [0.2, 0.25) is 0 Å². The van der Waals surface area contributed by atoms with Crippen molar-refractivity contribution < 1.29 is 9.53 Å². The summed E-state index contributed by atoms with van der Waals surface area (Å²) in [5.74, 6) is 1.64. The van der Waals surface area contributed by atoms with Crippen LogP contribution in [0.25, 0.3) is 11.1 Å². The summed E-state index contributed by atoms with van der Waals surface area (Å²) in [5, 5.41) is 8.68. The number of benzene rings is 2. The highest BCUT2D eigenvalue weighted by Crippen LogP contribution is 2.23. The summed E-state index contributed by atoms with van der Waals surface area (Å²) in [7, 11) is 0. The molecule has 3 aromatic rings. The molecule has 6 heteroatoms. The van der Waals surface area contributed by atoms with Crippen molar-refractivity contribution in [1.82, 2.24) is 15.1 Å². The van der Waals surface area contributed by atoms with Gasteiger partial charge in [-0.25, -0.2) is 0 Å². The number of carbonyl (C=O) groups excluding carboxylic acids is 1. The van der Waals surface area contributed by atoms with E-state index >= 15 is 0 Å². The van der Waals surface area contributed by atoms with Crippen molar-refractivity contribution in [3.05, 3.63) is 72.3 Å². The normalized spacial score (nSPS) is 16.9. The Labute approximate surface area is 201 Å². The Balaban J connectivity index is 1.10. The first-order valence-electron chi connectivity index (χ1n) is 12.4. The van der Waals surface area contributed by atoms with Crippen LogP contribution in [0.1, 0.15) is 37.7 Å². The molecular formula is C28H32N4O2. The third-order valence-corrected chi connectivity index (χ3v) is 6.84. The van der Waals surface area contributed by atoms with Gasteiger partial charge in [-0.05, 0) is 48.4 Å². The summed E-state index contributed by atoms with van der Waals surface area (Å²) in [6.07, 6.45) is 6.70. The third kappa shape index (κ3) is 5.56. The van der Waals surface area contributed by atoms with Crippen LogP contribution in [-0.2, 0) is 11.2 Å². The molecule has 0 spiro atoms. The number of nitrogens with zero attached hydrogens (tertiary/aromatic N) is 4. The SMILES string of the molecule is O=C(Cc1ccc(-c2ccccc2)cc1)N1CCN(c2ccc(OC3CCCCC3)nn2)CC1. The van der Waals surface area contributed by atoms with Gasteiger partial charge in [0.15, 0.2) is 5.82 Å². The van der Waals surface area contributed by atoms with Crippen LogP contribution in [0.3, 0.4) is 0 Å². The lowest BCUT2D eigenvalue weighted by molar-refractivity contribution is -0.130. The molecule has 1 aliphatic carbocycles. The zero-order valence-corrected chi connectivity index (χ0v) is 19.6. The predicted molar refractivity (Wildman–Crippen MR) is 134 cm³/mol. The van der Waals surface area contributed by atoms with E-state index in [0.29, 0.717) is 25.4 Å². The van der Waals surface area contributed by atoms with Crippen molar-refractivity contribution >= 4 is 11.7 Å². The first-order valence-corrected chi connectivity index (χ1v) is 12.4. The second kappa shape index (κ2) is 10.7. The highest BCUT2D eigenvalue weighted by molar-refractivity contribution is 5.79. The van der Waals surface area contributed by atoms with E-state index in [2.05, 4.69) is 51.5 Å². The Kier molecular flexibility index (Phi) is 7.03. The number of aromatic nitrogens is 2. The lowest BCUT2D eigenvalue weighted by atomic mass is 9.98. The van der Waals surface area contributed by atoms with Gasteiger partial charge in [-0.15, -0.1) is 10.2 Å². The average Bonchev–Trinajstić information content (AvgIpc) is 2.91. The van der Waals surface area contributed by atoms with Gasteiger partial charge in [0.2, 0.25) is 11.8 Å². The van der Waals surface area contributed by atoms with Gasteiger partial charge >= 0.3 is 0 Å². The summed E-state index contributed by atoms with van der Waals surface area (Å²) < 4.78 is 5.99. The lowest BCUT2D eigenvalue weighted by Crippen LogP contribution is -2.49. The monoisotopic (exact) mass is 456 g/mol. The molecule has 2 aromatic carbocycles. The highest BCUT2D eigenvalue weighted by Gasteiger charge is 2.23. The molecule has 1 saturated heterocycles. The first-order chi connectivity index (χ1) is 16.7. The van der Waals surface area contributed by atoms with Gasteiger partial charge in [0.05, 0.1) is 6.42 Å². The minimum atomic E-state index is 0.175. The quantitative estimate of drug-likeness (QED) is 0.536. The maximum Gasteiger partial charge on any atom is 0.233 e. The Bertz CT molecular complexity index is 1060. The van der Waals surface area contributed by atoms with Crippen LogP contribution in [-0.4, -0.2) is 53.3 Å². The molecule has 0 unspecified atom stereocenters. The van der Waals surface area contributed by atoms with E-state index in [0.717, 1.165) is 37.3 Å². The molecule has 1 saturated carbocycles. The number of carbonyl (C=O) groups is 1. The molecule has 1 aliphatic heterocycles. The van der Waals surface area contributed by atoms with Crippen molar-refractivity contribution in [2.24, 2.45) is 0 Å². The van der Waals surface area contributed by atoms with Gasteiger partial charge in [-0.3, -0.25) is 4.79 Å². The first kappa shape index (κ1) is 22.4. The predicted octanol–water partition coefficient (Wildman–Crippen LogP) is 4.75. The Hall–Kier alpha value is -3.41. The number of rotatable bonds is 6. The molecule has 1 aromatic heterocycles. The molecule has 0 N–H and O–H groups in total. The minimum Gasteiger partial charge on any atom is -0.473 e. The minimum absolute atomic E-state index is 0.175. The van der Waals surface area contributed by atoms with E-state index < -0.39 is 0 Å². The molecule has 6 nitrogen and oxygen atoms in total. The fraction of sp³-hybridized carbons (Fsp3) is 0.393. The van der Waals surface area contributed by atoms with Crippen LogP contribution in [0.15, 0.2) is 66.7 Å². The smallest absolute Gasteiger partial charge is 0.233 e. The molecule has 0 radical (unpaired) electrons. The highest BCUT2D eigenvalue weighted by atomic mass is 16.5. The van der Waals surface area contributed by atoms with E-state index in [4.69, 9.17) is 4.74 Å². The summed E-state index contributed by atoms with van der Waals surface area (Å²) in [6.45, 7) is 2.91. The maximum absolute atomic E-state index is 12.9. The van der Waals surface area contributed by atoms with Crippen molar-refractivity contribution in [1.29, 1.82) is 0 Å². The number of hydrogen-bond acceptors (Lipinski definition) is 5. The number of amides is 1. The third-order valence-electron chi connectivity index (χ3n) is 6.84. The fourth-order valence-corrected chi connectivity index (χ4v) is 4.82. The van der Waals surface area contributed by atoms with Gasteiger partial charge in [0.1, 0.15) is 6.10 Å². The molecule has 1 amide bonds. The van der Waals surface area contributed by atoms with Crippen molar-refractivity contribution in [2.75, 3.05) is 31.1 Å². The maximum atomic E-state index is 12.9. The molecule has 0 atom stereocenters. The standard InChI is InChI=1S/C28H32N4O2/c33-28(21-22-11-13-24(14-12-22)23-7-3-1-4-8-23)32-19-17-31(18-20-32)26-15-16-27(30-29-26)34-25-9-5-2-6-10-25/h1,3-4,7-8,11-16,25H,2,5-6,9-10,17-21H2. The molecule has 2 aliphatic rings. The van der Waals surface area contributed by atoms with E-state index in [1.165, 1.54) is 30.4 Å². The number of anilines is 1. The van der Waals surface area contributed by atoms with Crippen molar-refractivity contribution in [3.8, 4) is 17.0 Å². The van der Waals surface area contributed by atoms with Crippen LogP contribution in [0, 0.1) is 0 Å². The summed E-state index contributed by atoms with van der Waals surface area (Å²) in [5.41, 5.74) is 3.40. The fourth-order valence-electron chi connectivity index (χ4n) is 4.82. The molecule has 176 valence electrons. The lowest BCUT2D eigenvalue weighted by Gasteiger charge is -2.35. The van der Waals surface area contributed by atoms with Gasteiger partial charge in [-0.1, -0.05) is 61.0 Å². The van der Waals surface area contributed by atoms with E-state index in [9.17, 15) is 4.79 Å². The molecule has 0 bridgehead atoms. The average molecular weight is 457 g/mol. The Morgan fingerprint density at radius 2 is 1.50 bits per heavy atom. The van der Waals surface area contributed by atoms with Crippen LogP contribution in [0.4, 0.5) is 5.82 Å². The van der Waals surface area contributed by atoms with Crippen LogP contribution in [0.5, 0.6) is 5.88 Å². The van der Waals surface area contributed by atoms with Gasteiger partial charge in [0, 0.05) is 32.2 Å². The van der Waals surface area contributed by atoms with E-state index in [1.54, 1.807) is 0 Å². The number of ether oxygens (including phenoxy) is 1. The van der Waals surface area contributed by atoms with Gasteiger partial charge < -0.3 is 14.5 Å². The number of hydrogen-bond donors (Lipinski definition) is 0. The summed E-state index contributed by atoms with van der Waals surface area (Å²) >= 11 is 0.